The van der Waals surface area contributed by atoms with Crippen LogP contribution in [-0.2, 0) is 19.6 Å². The van der Waals surface area contributed by atoms with E-state index in [0.717, 1.165) is 33.4 Å². The number of furan rings is 1. The SMILES string of the molecule is CC[C@@H](c1nnnn1Cc1ccc(F)cc1)N(Cc1ccco1)Cc1cc2c(C)ccc(C)c2[nH]c1=O. The van der Waals surface area contributed by atoms with Crippen LogP contribution in [0.3, 0.4) is 0 Å². The van der Waals surface area contributed by atoms with Gasteiger partial charge in [0.2, 0.25) is 0 Å². The first-order valence-electron chi connectivity index (χ1n) is 12.3. The molecule has 0 fully saturated rings. The van der Waals surface area contributed by atoms with Crippen LogP contribution in [0.5, 0.6) is 0 Å². The van der Waals surface area contributed by atoms with Crippen LogP contribution in [0.2, 0.25) is 0 Å². The Labute approximate surface area is 213 Å². The number of nitrogens with one attached hydrogen (secondary N) is 1. The number of aryl methyl sites for hydroxylation is 2. The summed E-state index contributed by atoms with van der Waals surface area (Å²) in [6, 6.07) is 15.9. The minimum Gasteiger partial charge on any atom is -0.468 e. The molecule has 3 heterocycles. The Morgan fingerprint density at radius 2 is 1.86 bits per heavy atom. The molecule has 0 bridgehead atoms. The second-order valence-corrected chi connectivity index (χ2v) is 9.34. The van der Waals surface area contributed by atoms with Crippen LogP contribution in [0.4, 0.5) is 4.39 Å². The summed E-state index contributed by atoms with van der Waals surface area (Å²) in [5, 5.41) is 13.5. The minimum absolute atomic E-state index is 0.119. The molecule has 5 rings (SSSR count). The smallest absolute Gasteiger partial charge is 0.252 e. The van der Waals surface area contributed by atoms with Gasteiger partial charge < -0.3 is 9.40 Å². The van der Waals surface area contributed by atoms with E-state index in [4.69, 9.17) is 4.42 Å². The number of aromatic nitrogens is 5. The summed E-state index contributed by atoms with van der Waals surface area (Å²) in [5.74, 6) is 1.16. The van der Waals surface area contributed by atoms with Gasteiger partial charge in [-0.1, -0.05) is 31.2 Å². The molecular weight excluding hydrogens is 471 g/mol. The number of halogens is 1. The predicted octanol–water partition coefficient (Wildman–Crippen LogP) is 5.07. The monoisotopic (exact) mass is 500 g/mol. The number of H-pyrrole nitrogens is 1. The molecule has 37 heavy (non-hydrogen) atoms. The van der Waals surface area contributed by atoms with Gasteiger partial charge in [0.15, 0.2) is 5.82 Å². The van der Waals surface area contributed by atoms with Crippen molar-refractivity contribution in [2.75, 3.05) is 0 Å². The number of fused-ring (bicyclic) bond motifs is 1. The van der Waals surface area contributed by atoms with Crippen LogP contribution >= 0.6 is 0 Å². The van der Waals surface area contributed by atoms with Crippen molar-refractivity contribution in [1.29, 1.82) is 0 Å². The van der Waals surface area contributed by atoms with Crippen LogP contribution in [0.1, 0.15) is 53.2 Å². The summed E-state index contributed by atoms with van der Waals surface area (Å²) in [7, 11) is 0. The molecule has 3 aromatic heterocycles. The summed E-state index contributed by atoms with van der Waals surface area (Å²) in [5.41, 5.74) is 4.42. The number of hydrogen-bond acceptors (Lipinski definition) is 6. The van der Waals surface area contributed by atoms with E-state index in [1.54, 1.807) is 23.1 Å². The average molecular weight is 501 g/mol. The maximum atomic E-state index is 13.4. The van der Waals surface area contributed by atoms with Gasteiger partial charge in [-0.3, -0.25) is 9.69 Å². The summed E-state index contributed by atoms with van der Waals surface area (Å²) >= 11 is 0. The molecule has 0 aliphatic carbocycles. The molecule has 0 radical (unpaired) electrons. The Bertz CT molecular complexity index is 1560. The predicted molar refractivity (Wildman–Crippen MR) is 138 cm³/mol. The molecule has 1 N–H and O–H groups in total. The molecule has 9 heteroatoms. The van der Waals surface area contributed by atoms with E-state index >= 15 is 0 Å². The van der Waals surface area contributed by atoms with Gasteiger partial charge in [-0.05, 0) is 77.7 Å². The first-order valence-corrected chi connectivity index (χ1v) is 12.3. The molecule has 8 nitrogen and oxygen atoms in total. The van der Waals surface area contributed by atoms with Crippen LogP contribution in [0.15, 0.2) is 70.1 Å². The average Bonchev–Trinajstić information content (AvgIpc) is 3.57. The number of nitrogens with zero attached hydrogens (tertiary/aromatic N) is 5. The summed E-state index contributed by atoms with van der Waals surface area (Å²) in [6.07, 6.45) is 2.34. The van der Waals surface area contributed by atoms with E-state index in [2.05, 4.69) is 38.4 Å². The summed E-state index contributed by atoms with van der Waals surface area (Å²) in [6.45, 7) is 7.36. The van der Waals surface area contributed by atoms with E-state index in [1.807, 2.05) is 38.1 Å². The van der Waals surface area contributed by atoms with Gasteiger partial charge in [0.1, 0.15) is 11.6 Å². The fourth-order valence-corrected chi connectivity index (χ4v) is 4.76. The van der Waals surface area contributed by atoms with Gasteiger partial charge in [0, 0.05) is 17.5 Å². The maximum Gasteiger partial charge on any atom is 0.252 e. The highest BCUT2D eigenvalue weighted by Crippen LogP contribution is 2.28. The third-order valence-corrected chi connectivity index (χ3v) is 6.76. The molecule has 0 saturated carbocycles. The Morgan fingerprint density at radius 1 is 1.08 bits per heavy atom. The highest BCUT2D eigenvalue weighted by molar-refractivity contribution is 5.85. The van der Waals surface area contributed by atoms with E-state index in [1.165, 1.54) is 12.1 Å². The Balaban J connectivity index is 1.52. The number of rotatable bonds is 9. The fraction of sp³-hybridized carbons (Fsp3) is 0.286. The first-order chi connectivity index (χ1) is 17.9. The van der Waals surface area contributed by atoms with Crippen LogP contribution in [0, 0.1) is 19.7 Å². The third kappa shape index (κ3) is 5.22. The number of benzene rings is 2. The molecular formula is C28H29FN6O2. The zero-order valence-electron chi connectivity index (χ0n) is 21.1. The Kier molecular flexibility index (Phi) is 6.96. The van der Waals surface area contributed by atoms with Gasteiger partial charge in [-0.25, -0.2) is 9.07 Å². The third-order valence-electron chi connectivity index (χ3n) is 6.76. The minimum atomic E-state index is -0.289. The van der Waals surface area contributed by atoms with Gasteiger partial charge in [0.25, 0.3) is 5.56 Å². The van der Waals surface area contributed by atoms with E-state index in [9.17, 15) is 9.18 Å². The lowest BCUT2D eigenvalue weighted by molar-refractivity contribution is 0.149. The van der Waals surface area contributed by atoms with E-state index < -0.39 is 0 Å². The number of pyridine rings is 1. The molecule has 0 aliphatic heterocycles. The molecule has 190 valence electrons. The summed E-state index contributed by atoms with van der Waals surface area (Å²) < 4.78 is 20.8. The van der Waals surface area contributed by atoms with Gasteiger partial charge in [0.05, 0.1) is 30.9 Å². The lowest BCUT2D eigenvalue weighted by Gasteiger charge is -2.29. The number of hydrogen-bond donors (Lipinski definition) is 1. The number of aromatic amines is 1. The van der Waals surface area contributed by atoms with E-state index in [-0.39, 0.29) is 17.4 Å². The molecule has 1 atom stereocenters. The van der Waals surface area contributed by atoms with Crippen LogP contribution in [-0.4, -0.2) is 30.1 Å². The number of tetrazole rings is 1. The van der Waals surface area contributed by atoms with Crippen molar-refractivity contribution < 1.29 is 8.81 Å². The highest BCUT2D eigenvalue weighted by Gasteiger charge is 2.27. The first kappa shape index (κ1) is 24.6. The molecule has 0 aliphatic rings. The highest BCUT2D eigenvalue weighted by atomic mass is 19.1. The molecule has 0 unspecified atom stereocenters. The van der Waals surface area contributed by atoms with Crippen molar-refractivity contribution in [3.63, 3.8) is 0 Å². The Hall–Kier alpha value is -4.11. The lowest BCUT2D eigenvalue weighted by atomic mass is 10.0. The summed E-state index contributed by atoms with van der Waals surface area (Å²) in [4.78, 5) is 18.4. The molecule has 0 saturated heterocycles. The molecule has 0 amide bonds. The zero-order valence-corrected chi connectivity index (χ0v) is 21.1. The van der Waals surface area contributed by atoms with Crippen molar-refractivity contribution >= 4 is 10.9 Å². The van der Waals surface area contributed by atoms with Crippen molar-refractivity contribution in [3.8, 4) is 0 Å². The second kappa shape index (κ2) is 10.5. The van der Waals surface area contributed by atoms with Gasteiger partial charge >= 0.3 is 0 Å². The quantitative estimate of drug-likeness (QED) is 0.304. The van der Waals surface area contributed by atoms with Gasteiger partial charge in [-0.2, -0.15) is 0 Å². The van der Waals surface area contributed by atoms with Crippen LogP contribution < -0.4 is 5.56 Å². The lowest BCUT2D eigenvalue weighted by Crippen LogP contribution is -2.32. The zero-order chi connectivity index (χ0) is 25.9. The van der Waals surface area contributed by atoms with Gasteiger partial charge in [-0.15, -0.1) is 5.10 Å². The maximum absolute atomic E-state index is 13.4. The van der Waals surface area contributed by atoms with Crippen molar-refractivity contribution in [2.24, 2.45) is 0 Å². The fourth-order valence-electron chi connectivity index (χ4n) is 4.76. The van der Waals surface area contributed by atoms with Crippen molar-refractivity contribution in [1.82, 2.24) is 30.1 Å². The molecule has 0 spiro atoms. The topological polar surface area (TPSA) is 92.8 Å². The van der Waals surface area contributed by atoms with E-state index in [0.29, 0.717) is 37.4 Å². The van der Waals surface area contributed by atoms with Crippen LogP contribution in [0.25, 0.3) is 10.9 Å². The molecule has 2 aromatic carbocycles. The normalized spacial score (nSPS) is 12.5. The van der Waals surface area contributed by atoms with Crippen molar-refractivity contribution in [3.05, 3.63) is 111 Å². The standard InChI is InChI=1S/C28H29FN6O2/c1-4-25(27-31-32-33-35(27)15-20-9-11-22(29)12-10-20)34(17-23-6-5-13-37-23)16-21-14-24-18(2)7-8-19(3)26(24)30-28(21)36/h5-14,25H,4,15-17H2,1-3H3,(H,30,36)/t25-/m0/s1. The Morgan fingerprint density at radius 3 is 2.59 bits per heavy atom. The molecule has 5 aromatic rings. The largest absolute Gasteiger partial charge is 0.468 e. The van der Waals surface area contributed by atoms with Crippen molar-refractivity contribution in [2.45, 2.75) is 52.9 Å². The second-order valence-electron chi connectivity index (χ2n) is 9.34.